The fraction of sp³-hybridized carbons (Fsp3) is 0.440. The Kier molecular flexibility index (Phi) is 8.39. The van der Waals surface area contributed by atoms with Crippen LogP contribution in [0, 0.1) is 6.92 Å². The summed E-state index contributed by atoms with van der Waals surface area (Å²) in [6.07, 6.45) is 5.54. The third-order valence-corrected chi connectivity index (χ3v) is 6.69. The summed E-state index contributed by atoms with van der Waals surface area (Å²) < 4.78 is 0. The van der Waals surface area contributed by atoms with E-state index in [0.29, 0.717) is 22.2 Å². The molecule has 1 fully saturated rings. The highest BCUT2D eigenvalue weighted by Gasteiger charge is 2.28. The smallest absolute Gasteiger partial charge is 0.242 e. The number of carbonyl (C=O) groups excluding carboxylic acids is 2. The van der Waals surface area contributed by atoms with Gasteiger partial charge in [-0.2, -0.15) is 0 Å². The summed E-state index contributed by atoms with van der Waals surface area (Å²) in [6, 6.07) is 12.8. The highest BCUT2D eigenvalue weighted by molar-refractivity contribution is 6.36. The maximum Gasteiger partial charge on any atom is 0.242 e. The summed E-state index contributed by atoms with van der Waals surface area (Å²) in [7, 11) is 0. The van der Waals surface area contributed by atoms with Crippen LogP contribution in [0.5, 0.6) is 0 Å². The first kappa shape index (κ1) is 23.6. The van der Waals surface area contributed by atoms with E-state index in [0.717, 1.165) is 36.8 Å². The lowest BCUT2D eigenvalue weighted by Crippen LogP contribution is -2.50. The topological polar surface area (TPSA) is 49.4 Å². The molecule has 0 aromatic heterocycles. The van der Waals surface area contributed by atoms with Gasteiger partial charge in [0.25, 0.3) is 0 Å². The Bertz CT molecular complexity index is 888. The van der Waals surface area contributed by atoms with E-state index in [1.54, 1.807) is 30.0 Å². The van der Waals surface area contributed by atoms with Gasteiger partial charge in [0.05, 0.1) is 6.42 Å². The minimum absolute atomic E-state index is 0.0470. The lowest BCUT2D eigenvalue weighted by Gasteiger charge is -2.31. The van der Waals surface area contributed by atoms with Crippen molar-refractivity contribution in [2.75, 3.05) is 0 Å². The molecular formula is C25H30Cl2N2O2. The molecule has 2 aromatic carbocycles. The fourth-order valence-electron chi connectivity index (χ4n) is 4.00. The van der Waals surface area contributed by atoms with Gasteiger partial charge in [0.2, 0.25) is 11.8 Å². The number of hydrogen-bond acceptors (Lipinski definition) is 2. The molecule has 1 N–H and O–H groups in total. The van der Waals surface area contributed by atoms with E-state index in [1.807, 2.05) is 31.2 Å². The summed E-state index contributed by atoms with van der Waals surface area (Å²) in [6.45, 7) is 4.16. The molecule has 0 spiro atoms. The quantitative estimate of drug-likeness (QED) is 0.574. The van der Waals surface area contributed by atoms with Crippen molar-refractivity contribution >= 4 is 35.0 Å². The third kappa shape index (κ3) is 6.47. The molecule has 0 bridgehead atoms. The van der Waals surface area contributed by atoms with E-state index in [2.05, 4.69) is 5.32 Å². The van der Waals surface area contributed by atoms with Crippen molar-refractivity contribution in [3.05, 3.63) is 69.2 Å². The fourth-order valence-corrected chi connectivity index (χ4v) is 4.53. The van der Waals surface area contributed by atoms with E-state index >= 15 is 0 Å². The predicted molar refractivity (Wildman–Crippen MR) is 126 cm³/mol. The minimum Gasteiger partial charge on any atom is -0.352 e. The number of nitrogens with one attached hydrogen (secondary N) is 1. The second-order valence-corrected chi connectivity index (χ2v) is 9.22. The molecule has 166 valence electrons. The van der Waals surface area contributed by atoms with E-state index in [-0.39, 0.29) is 24.3 Å². The van der Waals surface area contributed by atoms with Gasteiger partial charge < -0.3 is 10.2 Å². The van der Waals surface area contributed by atoms with Crippen LogP contribution in [0.2, 0.25) is 10.0 Å². The van der Waals surface area contributed by atoms with Gasteiger partial charge in [-0.15, -0.1) is 0 Å². The van der Waals surface area contributed by atoms with Gasteiger partial charge in [0, 0.05) is 22.6 Å². The zero-order valence-corrected chi connectivity index (χ0v) is 19.7. The second-order valence-electron chi connectivity index (χ2n) is 8.40. The number of amides is 2. The molecule has 1 atom stereocenters. The van der Waals surface area contributed by atoms with Crippen LogP contribution in [0.4, 0.5) is 0 Å². The van der Waals surface area contributed by atoms with Gasteiger partial charge in [-0.05, 0) is 49.9 Å². The molecule has 1 aliphatic carbocycles. The highest BCUT2D eigenvalue weighted by Crippen LogP contribution is 2.26. The van der Waals surface area contributed by atoms with Gasteiger partial charge in [0.1, 0.15) is 6.04 Å². The van der Waals surface area contributed by atoms with Crippen molar-refractivity contribution < 1.29 is 9.59 Å². The lowest BCUT2D eigenvalue weighted by molar-refractivity contribution is -0.140. The Morgan fingerprint density at radius 3 is 2.26 bits per heavy atom. The van der Waals surface area contributed by atoms with Crippen molar-refractivity contribution in [2.24, 2.45) is 0 Å². The van der Waals surface area contributed by atoms with Crippen molar-refractivity contribution in [2.45, 2.75) is 71.0 Å². The average molecular weight is 461 g/mol. The van der Waals surface area contributed by atoms with Crippen LogP contribution in [-0.4, -0.2) is 28.8 Å². The van der Waals surface area contributed by atoms with E-state index < -0.39 is 6.04 Å². The molecule has 0 saturated heterocycles. The minimum atomic E-state index is -0.600. The number of aryl methyl sites for hydroxylation is 1. The molecule has 0 heterocycles. The third-order valence-electron chi connectivity index (χ3n) is 5.98. The normalized spacial score (nSPS) is 15.4. The van der Waals surface area contributed by atoms with Crippen molar-refractivity contribution in [1.82, 2.24) is 10.2 Å². The SMILES string of the molecule is Cc1ccc(CN(C(=O)Cc2c(Cl)cccc2Cl)[C@H](C)C(=O)NC2CCCCC2)cc1. The Hall–Kier alpha value is -2.04. The number of halogens is 2. The van der Waals surface area contributed by atoms with E-state index in [1.165, 1.54) is 6.42 Å². The van der Waals surface area contributed by atoms with Crippen LogP contribution < -0.4 is 5.32 Å². The Morgan fingerprint density at radius 1 is 1.03 bits per heavy atom. The standard InChI is InChI=1S/C25H30Cl2N2O2/c1-17-11-13-19(14-12-17)16-29(18(2)25(31)28-20-7-4-3-5-8-20)24(30)15-21-22(26)9-6-10-23(21)27/h6,9-14,18,20H,3-5,7-8,15-16H2,1-2H3,(H,28,31)/t18-/m1/s1. The van der Waals surface area contributed by atoms with E-state index in [4.69, 9.17) is 23.2 Å². The molecular weight excluding hydrogens is 431 g/mol. The first-order valence-corrected chi connectivity index (χ1v) is 11.7. The summed E-state index contributed by atoms with van der Waals surface area (Å²) in [5.41, 5.74) is 2.71. The van der Waals surface area contributed by atoms with Crippen LogP contribution in [0.1, 0.15) is 55.7 Å². The molecule has 2 amide bonds. The van der Waals surface area contributed by atoms with Crippen LogP contribution in [0.15, 0.2) is 42.5 Å². The van der Waals surface area contributed by atoms with Gasteiger partial charge in [0.15, 0.2) is 0 Å². The first-order valence-electron chi connectivity index (χ1n) is 10.9. The molecule has 0 aliphatic heterocycles. The van der Waals surface area contributed by atoms with Crippen molar-refractivity contribution in [3.63, 3.8) is 0 Å². The number of hydrogen-bond donors (Lipinski definition) is 1. The first-order chi connectivity index (χ1) is 14.8. The number of rotatable bonds is 7. The predicted octanol–water partition coefficient (Wildman–Crippen LogP) is 5.71. The zero-order valence-electron chi connectivity index (χ0n) is 18.2. The van der Waals surface area contributed by atoms with E-state index in [9.17, 15) is 9.59 Å². The van der Waals surface area contributed by atoms with Crippen LogP contribution in [0.25, 0.3) is 0 Å². The number of benzene rings is 2. The summed E-state index contributed by atoms with van der Waals surface area (Å²) in [5.74, 6) is -0.292. The zero-order chi connectivity index (χ0) is 22.4. The largest absolute Gasteiger partial charge is 0.352 e. The molecule has 31 heavy (non-hydrogen) atoms. The molecule has 0 radical (unpaired) electrons. The Morgan fingerprint density at radius 2 is 1.65 bits per heavy atom. The van der Waals surface area contributed by atoms with Crippen LogP contribution in [-0.2, 0) is 22.6 Å². The monoisotopic (exact) mass is 460 g/mol. The maximum atomic E-state index is 13.4. The molecule has 0 unspecified atom stereocenters. The van der Waals surface area contributed by atoms with Gasteiger partial charge >= 0.3 is 0 Å². The Labute approximate surface area is 194 Å². The molecule has 2 aromatic rings. The Balaban J connectivity index is 1.79. The molecule has 4 nitrogen and oxygen atoms in total. The van der Waals surface area contributed by atoms with Crippen LogP contribution >= 0.6 is 23.2 Å². The molecule has 6 heteroatoms. The summed E-state index contributed by atoms with van der Waals surface area (Å²) in [4.78, 5) is 28.0. The maximum absolute atomic E-state index is 13.4. The summed E-state index contributed by atoms with van der Waals surface area (Å²) >= 11 is 12.6. The molecule has 1 saturated carbocycles. The number of carbonyl (C=O) groups is 2. The second kappa shape index (κ2) is 11.0. The van der Waals surface area contributed by atoms with Gasteiger partial charge in [-0.1, -0.05) is 78.4 Å². The molecule has 1 aliphatic rings. The average Bonchev–Trinajstić information content (AvgIpc) is 2.76. The lowest BCUT2D eigenvalue weighted by atomic mass is 9.95. The highest BCUT2D eigenvalue weighted by atomic mass is 35.5. The van der Waals surface area contributed by atoms with Gasteiger partial charge in [-0.3, -0.25) is 9.59 Å². The van der Waals surface area contributed by atoms with Crippen molar-refractivity contribution in [3.8, 4) is 0 Å². The van der Waals surface area contributed by atoms with Crippen molar-refractivity contribution in [1.29, 1.82) is 0 Å². The molecule has 3 rings (SSSR count). The number of nitrogens with zero attached hydrogens (tertiary/aromatic N) is 1. The summed E-state index contributed by atoms with van der Waals surface area (Å²) in [5, 5.41) is 4.06. The van der Waals surface area contributed by atoms with Crippen LogP contribution in [0.3, 0.4) is 0 Å². The van der Waals surface area contributed by atoms with Gasteiger partial charge in [-0.25, -0.2) is 0 Å².